The average molecular weight is 255 g/mol. The Balaban J connectivity index is 2.83. The van der Waals surface area contributed by atoms with E-state index in [1.165, 1.54) is 9.75 Å². The van der Waals surface area contributed by atoms with Gasteiger partial charge in [0.15, 0.2) is 0 Å². The first-order valence-corrected chi connectivity index (χ1v) is 6.83. The molecule has 96 valence electrons. The third-order valence-electron chi connectivity index (χ3n) is 2.92. The minimum absolute atomic E-state index is 0.0954. The minimum Gasteiger partial charge on any atom is -0.480 e. The second kappa shape index (κ2) is 6.17. The van der Waals surface area contributed by atoms with Crippen molar-refractivity contribution in [3.05, 3.63) is 21.9 Å². The zero-order chi connectivity index (χ0) is 13.0. The number of carbonyl (C=O) groups is 1. The third-order valence-corrected chi connectivity index (χ3v) is 4.32. The lowest BCUT2D eigenvalue weighted by atomic mass is 10.2. The van der Waals surface area contributed by atoms with Crippen molar-refractivity contribution < 1.29 is 9.90 Å². The molecule has 4 heteroatoms. The Hall–Kier alpha value is -0.870. The van der Waals surface area contributed by atoms with Gasteiger partial charge in [-0.25, -0.2) is 0 Å². The number of aryl methyl sites for hydroxylation is 1. The number of hydrogen-bond donors (Lipinski definition) is 1. The van der Waals surface area contributed by atoms with Crippen molar-refractivity contribution >= 4 is 17.3 Å². The fraction of sp³-hybridized carbons (Fsp3) is 0.615. The van der Waals surface area contributed by atoms with Crippen LogP contribution < -0.4 is 0 Å². The molecule has 1 unspecified atom stereocenters. The summed E-state index contributed by atoms with van der Waals surface area (Å²) in [4.78, 5) is 15.5. The Bertz CT molecular complexity index is 373. The lowest BCUT2D eigenvalue weighted by Crippen LogP contribution is -2.37. The highest BCUT2D eigenvalue weighted by Crippen LogP contribution is 2.28. The lowest BCUT2D eigenvalue weighted by molar-refractivity contribution is -0.139. The van der Waals surface area contributed by atoms with Gasteiger partial charge in [0.25, 0.3) is 0 Å². The van der Waals surface area contributed by atoms with Gasteiger partial charge in [0.05, 0.1) is 6.54 Å². The summed E-state index contributed by atoms with van der Waals surface area (Å²) in [5.41, 5.74) is 0. The molecule has 0 aromatic carbocycles. The zero-order valence-electron chi connectivity index (χ0n) is 10.9. The molecule has 17 heavy (non-hydrogen) atoms. The Morgan fingerprint density at radius 1 is 1.41 bits per heavy atom. The molecular formula is C13H21NO2S. The van der Waals surface area contributed by atoms with E-state index >= 15 is 0 Å². The molecule has 3 nitrogen and oxygen atoms in total. The van der Waals surface area contributed by atoms with Crippen LogP contribution >= 0.6 is 11.3 Å². The lowest BCUT2D eigenvalue weighted by Gasteiger charge is -2.30. The van der Waals surface area contributed by atoms with Gasteiger partial charge in [-0.05, 0) is 39.3 Å². The maximum absolute atomic E-state index is 10.9. The van der Waals surface area contributed by atoms with Gasteiger partial charge in [-0.1, -0.05) is 6.92 Å². The highest BCUT2D eigenvalue weighted by molar-refractivity contribution is 7.12. The molecule has 1 N–H and O–H groups in total. The van der Waals surface area contributed by atoms with E-state index < -0.39 is 5.97 Å². The molecule has 0 spiro atoms. The maximum atomic E-state index is 10.9. The van der Waals surface area contributed by atoms with E-state index in [0.29, 0.717) is 0 Å². The summed E-state index contributed by atoms with van der Waals surface area (Å²) in [6.07, 6.45) is 1.04. The fourth-order valence-electron chi connectivity index (χ4n) is 1.90. The Labute approximate surface area is 107 Å². The molecule has 0 fully saturated rings. The van der Waals surface area contributed by atoms with Gasteiger partial charge in [-0.15, -0.1) is 11.3 Å². The van der Waals surface area contributed by atoms with E-state index in [1.54, 1.807) is 11.3 Å². The predicted molar refractivity (Wildman–Crippen MR) is 71.6 cm³/mol. The Morgan fingerprint density at radius 3 is 2.47 bits per heavy atom. The minimum atomic E-state index is -0.766. The first-order chi connectivity index (χ1) is 7.95. The second-order valence-corrected chi connectivity index (χ2v) is 5.69. The highest BCUT2D eigenvalue weighted by atomic mass is 32.1. The van der Waals surface area contributed by atoms with Crippen molar-refractivity contribution in [2.45, 2.75) is 46.2 Å². The van der Waals surface area contributed by atoms with E-state index in [1.807, 2.05) is 18.7 Å². The highest BCUT2D eigenvalue weighted by Gasteiger charge is 2.22. The van der Waals surface area contributed by atoms with Gasteiger partial charge in [-0.3, -0.25) is 9.69 Å². The van der Waals surface area contributed by atoms with E-state index in [2.05, 4.69) is 26.0 Å². The van der Waals surface area contributed by atoms with Crippen LogP contribution in [0.1, 0.15) is 43.5 Å². The van der Waals surface area contributed by atoms with Crippen molar-refractivity contribution in [3.8, 4) is 0 Å². The first kappa shape index (κ1) is 14.2. The van der Waals surface area contributed by atoms with Crippen LogP contribution in [0.15, 0.2) is 12.1 Å². The van der Waals surface area contributed by atoms with Crippen LogP contribution in [0.5, 0.6) is 0 Å². The standard InChI is InChI=1S/C13H21NO2S/c1-5-11-6-7-12(17-11)10(4)14(9(2)3)8-13(15)16/h6-7,9-10H,5,8H2,1-4H3,(H,15,16). The summed E-state index contributed by atoms with van der Waals surface area (Å²) >= 11 is 1.78. The number of rotatable bonds is 6. The van der Waals surface area contributed by atoms with Crippen LogP contribution in [0.25, 0.3) is 0 Å². The monoisotopic (exact) mass is 255 g/mol. The zero-order valence-corrected chi connectivity index (χ0v) is 11.8. The average Bonchev–Trinajstić information content (AvgIpc) is 2.72. The summed E-state index contributed by atoms with van der Waals surface area (Å²) < 4.78 is 0. The molecule has 0 radical (unpaired) electrons. The molecule has 1 aromatic heterocycles. The SMILES string of the molecule is CCc1ccc(C(C)N(CC(=O)O)C(C)C)s1. The molecule has 1 rings (SSSR count). The summed E-state index contributed by atoms with van der Waals surface area (Å²) in [7, 11) is 0. The molecule has 0 saturated carbocycles. The molecule has 0 aliphatic rings. The molecule has 1 aromatic rings. The molecular weight excluding hydrogens is 234 g/mol. The van der Waals surface area contributed by atoms with E-state index in [-0.39, 0.29) is 18.6 Å². The number of carboxylic acids is 1. The Kier molecular flexibility index (Phi) is 5.15. The van der Waals surface area contributed by atoms with Crippen molar-refractivity contribution in [2.24, 2.45) is 0 Å². The number of aliphatic carboxylic acids is 1. The van der Waals surface area contributed by atoms with Gasteiger partial charge in [-0.2, -0.15) is 0 Å². The normalized spacial score (nSPS) is 13.3. The second-order valence-electron chi connectivity index (χ2n) is 4.49. The van der Waals surface area contributed by atoms with Crippen LogP contribution in [0.3, 0.4) is 0 Å². The number of hydrogen-bond acceptors (Lipinski definition) is 3. The molecule has 0 amide bonds. The summed E-state index contributed by atoms with van der Waals surface area (Å²) in [5.74, 6) is -0.766. The van der Waals surface area contributed by atoms with Gasteiger partial charge in [0, 0.05) is 21.8 Å². The number of nitrogens with zero attached hydrogens (tertiary/aromatic N) is 1. The molecule has 0 saturated heterocycles. The quantitative estimate of drug-likeness (QED) is 0.848. The van der Waals surface area contributed by atoms with Crippen LogP contribution in [-0.2, 0) is 11.2 Å². The smallest absolute Gasteiger partial charge is 0.317 e. The molecule has 1 heterocycles. The van der Waals surface area contributed by atoms with Gasteiger partial charge >= 0.3 is 5.97 Å². The van der Waals surface area contributed by atoms with Crippen LogP contribution in [0.2, 0.25) is 0 Å². The summed E-state index contributed by atoms with van der Waals surface area (Å²) in [6, 6.07) is 4.64. The molecule has 0 aliphatic carbocycles. The van der Waals surface area contributed by atoms with Gasteiger partial charge in [0.2, 0.25) is 0 Å². The Morgan fingerprint density at radius 2 is 2.06 bits per heavy atom. The van der Waals surface area contributed by atoms with E-state index in [4.69, 9.17) is 5.11 Å². The van der Waals surface area contributed by atoms with Crippen molar-refractivity contribution in [2.75, 3.05) is 6.54 Å². The van der Waals surface area contributed by atoms with Crippen molar-refractivity contribution in [1.29, 1.82) is 0 Å². The third kappa shape index (κ3) is 3.82. The van der Waals surface area contributed by atoms with Gasteiger partial charge in [0.1, 0.15) is 0 Å². The van der Waals surface area contributed by atoms with Crippen LogP contribution in [-0.4, -0.2) is 28.6 Å². The predicted octanol–water partition coefficient (Wildman–Crippen LogP) is 3.17. The summed E-state index contributed by atoms with van der Waals surface area (Å²) in [6.45, 7) is 8.38. The fourth-order valence-corrected chi connectivity index (χ4v) is 2.92. The molecule has 1 atom stereocenters. The van der Waals surface area contributed by atoms with E-state index in [9.17, 15) is 4.79 Å². The summed E-state index contributed by atoms with van der Waals surface area (Å²) in [5, 5.41) is 8.94. The first-order valence-electron chi connectivity index (χ1n) is 6.01. The molecule has 0 bridgehead atoms. The van der Waals surface area contributed by atoms with Crippen molar-refractivity contribution in [1.82, 2.24) is 4.90 Å². The van der Waals surface area contributed by atoms with E-state index in [0.717, 1.165) is 6.42 Å². The van der Waals surface area contributed by atoms with Crippen LogP contribution in [0, 0.1) is 0 Å². The van der Waals surface area contributed by atoms with Gasteiger partial charge < -0.3 is 5.11 Å². The number of thiophene rings is 1. The topological polar surface area (TPSA) is 40.5 Å². The van der Waals surface area contributed by atoms with Crippen LogP contribution in [0.4, 0.5) is 0 Å². The van der Waals surface area contributed by atoms with Crippen molar-refractivity contribution in [3.63, 3.8) is 0 Å². The number of carboxylic acid groups (broad SMARTS) is 1. The maximum Gasteiger partial charge on any atom is 0.317 e. The largest absolute Gasteiger partial charge is 0.480 e. The molecule has 0 aliphatic heterocycles.